The maximum Gasteiger partial charge on any atom is 0.348 e. The summed E-state index contributed by atoms with van der Waals surface area (Å²) in [7, 11) is 3.06. The zero-order valence-electron chi connectivity index (χ0n) is 26.7. The van der Waals surface area contributed by atoms with Crippen LogP contribution in [0, 0.1) is 6.92 Å². The van der Waals surface area contributed by atoms with Gasteiger partial charge in [0.1, 0.15) is 21.4 Å². The molecule has 2 aromatic carbocycles. The molecule has 2 aromatic heterocycles. The molecule has 1 atom stereocenters. The van der Waals surface area contributed by atoms with E-state index in [1.807, 2.05) is 12.1 Å². The summed E-state index contributed by atoms with van der Waals surface area (Å²) in [5, 5.41) is 14.1. The highest BCUT2D eigenvalue weighted by Gasteiger charge is 2.29. The number of nitrogens with zero attached hydrogens (tertiary/aromatic N) is 3. The summed E-state index contributed by atoms with van der Waals surface area (Å²) in [6.07, 6.45) is 0. The molecule has 2 N–H and O–H groups in total. The first-order valence-corrected chi connectivity index (χ1v) is 16.3. The van der Waals surface area contributed by atoms with Crippen molar-refractivity contribution < 1.29 is 38.1 Å². The zero-order chi connectivity index (χ0) is 34.1. The van der Waals surface area contributed by atoms with Crippen molar-refractivity contribution in [1.82, 2.24) is 20.1 Å². The molecule has 0 aliphatic rings. The molecule has 0 spiro atoms. The van der Waals surface area contributed by atoms with Crippen molar-refractivity contribution in [2.24, 2.45) is 0 Å². The lowest BCUT2D eigenvalue weighted by Gasteiger charge is -2.16. The zero-order valence-corrected chi connectivity index (χ0v) is 28.4. The summed E-state index contributed by atoms with van der Waals surface area (Å²) in [6, 6.07) is 14.0. The average molecular weight is 682 g/mol. The smallest absolute Gasteiger partial charge is 0.348 e. The van der Waals surface area contributed by atoms with Gasteiger partial charge in [-0.15, -0.1) is 21.5 Å². The number of rotatable bonds is 14. The molecule has 0 aliphatic heterocycles. The van der Waals surface area contributed by atoms with Crippen LogP contribution in [-0.4, -0.2) is 71.2 Å². The van der Waals surface area contributed by atoms with E-state index in [1.54, 1.807) is 68.7 Å². The number of aromatic nitrogens is 3. The minimum absolute atomic E-state index is 0.0102. The van der Waals surface area contributed by atoms with Crippen molar-refractivity contribution in [2.75, 3.05) is 32.8 Å². The van der Waals surface area contributed by atoms with Crippen molar-refractivity contribution in [3.63, 3.8) is 0 Å². The Balaban J connectivity index is 1.61. The number of benzene rings is 2. The van der Waals surface area contributed by atoms with E-state index in [2.05, 4.69) is 20.8 Å². The fourth-order valence-corrected chi connectivity index (χ4v) is 6.41. The highest BCUT2D eigenvalue weighted by Crippen LogP contribution is 2.36. The maximum atomic E-state index is 13.5. The molecule has 0 radical (unpaired) electrons. The summed E-state index contributed by atoms with van der Waals surface area (Å²) >= 11 is 2.05. The van der Waals surface area contributed by atoms with E-state index in [0.717, 1.165) is 23.1 Å². The van der Waals surface area contributed by atoms with Crippen molar-refractivity contribution in [3.05, 3.63) is 75.9 Å². The predicted molar refractivity (Wildman–Crippen MR) is 177 cm³/mol. The minimum Gasteiger partial charge on any atom is -0.497 e. The Morgan fingerprint density at radius 1 is 0.957 bits per heavy atom. The number of amides is 2. The van der Waals surface area contributed by atoms with Crippen molar-refractivity contribution in [2.45, 2.75) is 44.6 Å². The van der Waals surface area contributed by atoms with Crippen LogP contribution in [0.5, 0.6) is 11.5 Å². The standard InChI is InChI=1S/C32H35N5O8S2/c1-7-44-30(40)25-18(3)26(31(41)45-8-2)47-29(25)34-27(38)19(4)46-32-36-35-24(37(32)22-14-9-10-15-23(22)43-6)17-33-28(39)20-12-11-13-21(16-20)42-5/h9-16,19H,7-8,17H2,1-6H3,(H,33,39)(H,34,38)/t19-/m1/s1. The van der Waals surface area contributed by atoms with Gasteiger partial charge in [-0.05, 0) is 63.6 Å². The highest BCUT2D eigenvalue weighted by atomic mass is 32.2. The Hall–Kier alpha value is -4.89. The molecule has 0 unspecified atom stereocenters. The van der Waals surface area contributed by atoms with Crippen LogP contribution in [0.2, 0.25) is 0 Å². The SMILES string of the molecule is CCOC(=O)c1sc(NC(=O)[C@@H](C)Sc2nnc(CNC(=O)c3cccc(OC)c3)n2-c2ccccc2OC)c(C(=O)OCC)c1C. The van der Waals surface area contributed by atoms with Crippen molar-refractivity contribution in [3.8, 4) is 17.2 Å². The van der Waals surface area contributed by atoms with Gasteiger partial charge in [0.2, 0.25) is 5.91 Å². The number of hydrogen-bond donors (Lipinski definition) is 2. The lowest BCUT2D eigenvalue weighted by Crippen LogP contribution is -2.25. The van der Waals surface area contributed by atoms with Crippen LogP contribution in [0.1, 0.15) is 62.5 Å². The molecule has 15 heteroatoms. The van der Waals surface area contributed by atoms with E-state index in [4.69, 9.17) is 18.9 Å². The van der Waals surface area contributed by atoms with Crippen LogP contribution >= 0.6 is 23.1 Å². The first kappa shape index (κ1) is 35.0. The molecule has 0 bridgehead atoms. The van der Waals surface area contributed by atoms with Gasteiger partial charge >= 0.3 is 11.9 Å². The third-order valence-electron chi connectivity index (χ3n) is 6.74. The average Bonchev–Trinajstić information content (AvgIpc) is 3.62. The molecule has 2 amide bonds. The number of thioether (sulfide) groups is 1. The Labute approximate surface area is 280 Å². The van der Waals surface area contributed by atoms with Crippen molar-refractivity contribution >= 4 is 51.9 Å². The third kappa shape index (κ3) is 8.10. The maximum absolute atomic E-state index is 13.5. The Morgan fingerprint density at radius 2 is 1.68 bits per heavy atom. The molecule has 0 saturated heterocycles. The number of para-hydroxylation sites is 2. The molecule has 0 fully saturated rings. The predicted octanol–water partition coefficient (Wildman–Crippen LogP) is 5.06. The highest BCUT2D eigenvalue weighted by molar-refractivity contribution is 8.00. The summed E-state index contributed by atoms with van der Waals surface area (Å²) in [6.45, 7) is 6.90. The van der Waals surface area contributed by atoms with Crippen LogP contribution in [0.3, 0.4) is 0 Å². The second-order valence-electron chi connectivity index (χ2n) is 9.77. The van der Waals surface area contributed by atoms with Gasteiger partial charge in [-0.2, -0.15) is 0 Å². The summed E-state index contributed by atoms with van der Waals surface area (Å²) in [5.74, 6) is -0.607. The van der Waals surface area contributed by atoms with Gasteiger partial charge in [0, 0.05) is 5.56 Å². The lowest BCUT2D eigenvalue weighted by molar-refractivity contribution is -0.115. The number of ether oxygens (including phenoxy) is 4. The quantitative estimate of drug-likeness (QED) is 0.135. The first-order chi connectivity index (χ1) is 22.6. The van der Waals surface area contributed by atoms with Crippen LogP contribution in [0.15, 0.2) is 53.7 Å². The lowest BCUT2D eigenvalue weighted by atomic mass is 10.1. The Bertz CT molecular complexity index is 1770. The number of hydrogen-bond acceptors (Lipinski definition) is 12. The molecular formula is C32H35N5O8S2. The van der Waals surface area contributed by atoms with Gasteiger partial charge in [0.25, 0.3) is 5.91 Å². The fraction of sp³-hybridized carbons (Fsp3) is 0.312. The Morgan fingerprint density at radius 3 is 2.38 bits per heavy atom. The van der Waals surface area contributed by atoms with Gasteiger partial charge in [-0.25, -0.2) is 9.59 Å². The molecular weight excluding hydrogens is 647 g/mol. The van der Waals surface area contributed by atoms with Gasteiger partial charge in [0.05, 0.1) is 50.5 Å². The van der Waals surface area contributed by atoms with E-state index in [-0.39, 0.29) is 41.1 Å². The molecule has 4 rings (SSSR count). The third-order valence-corrected chi connectivity index (χ3v) is 8.97. The second-order valence-corrected chi connectivity index (χ2v) is 12.1. The van der Waals surface area contributed by atoms with E-state index in [1.165, 1.54) is 14.2 Å². The van der Waals surface area contributed by atoms with E-state index >= 15 is 0 Å². The molecule has 0 aliphatic carbocycles. The van der Waals surface area contributed by atoms with E-state index in [0.29, 0.717) is 39.3 Å². The minimum atomic E-state index is -0.754. The molecule has 4 aromatic rings. The van der Waals surface area contributed by atoms with Gasteiger partial charge < -0.3 is 29.6 Å². The number of carbonyl (C=O) groups excluding carboxylic acids is 4. The van der Waals surface area contributed by atoms with Crippen molar-refractivity contribution in [1.29, 1.82) is 0 Å². The largest absolute Gasteiger partial charge is 0.497 e. The van der Waals surface area contributed by atoms with E-state index in [9.17, 15) is 19.2 Å². The van der Waals surface area contributed by atoms with Crippen LogP contribution in [0.25, 0.3) is 5.69 Å². The van der Waals surface area contributed by atoms with Gasteiger partial charge in [-0.3, -0.25) is 14.2 Å². The van der Waals surface area contributed by atoms with Gasteiger partial charge in [0.15, 0.2) is 11.0 Å². The first-order valence-electron chi connectivity index (χ1n) is 14.6. The number of esters is 2. The molecule has 248 valence electrons. The van der Waals surface area contributed by atoms with E-state index < -0.39 is 23.1 Å². The molecule has 13 nitrogen and oxygen atoms in total. The molecule has 0 saturated carbocycles. The normalized spacial score (nSPS) is 11.4. The number of nitrogens with one attached hydrogen (secondary N) is 2. The van der Waals surface area contributed by atoms with Crippen LogP contribution in [-0.2, 0) is 20.8 Å². The second kappa shape index (κ2) is 16.1. The Kier molecular flexibility index (Phi) is 12.0. The number of thiophene rings is 1. The topological polar surface area (TPSA) is 160 Å². The fourth-order valence-electron chi connectivity index (χ4n) is 4.44. The van der Waals surface area contributed by atoms with Crippen LogP contribution in [0.4, 0.5) is 5.00 Å². The summed E-state index contributed by atoms with van der Waals surface area (Å²) in [4.78, 5) is 52.1. The molecule has 47 heavy (non-hydrogen) atoms. The summed E-state index contributed by atoms with van der Waals surface area (Å²) in [5.41, 5.74) is 1.46. The molecule has 2 heterocycles. The van der Waals surface area contributed by atoms with Gasteiger partial charge in [-0.1, -0.05) is 30.0 Å². The number of methoxy groups -OCH3 is 2. The van der Waals surface area contributed by atoms with Crippen LogP contribution < -0.4 is 20.1 Å². The monoisotopic (exact) mass is 681 g/mol. The number of carbonyl (C=O) groups is 4. The summed E-state index contributed by atoms with van der Waals surface area (Å²) < 4.78 is 22.9. The number of anilines is 1.